The lowest BCUT2D eigenvalue weighted by atomic mass is 10.1. The zero-order valence-corrected chi connectivity index (χ0v) is 17.3. The van der Waals surface area contributed by atoms with Crippen molar-refractivity contribution >= 4 is 40.7 Å². The van der Waals surface area contributed by atoms with Crippen molar-refractivity contribution < 1.29 is 19.1 Å². The maximum atomic E-state index is 12.2. The molecule has 1 heterocycles. The topological polar surface area (TPSA) is 55.8 Å². The van der Waals surface area contributed by atoms with Gasteiger partial charge in [-0.25, -0.2) is 0 Å². The number of ether oxygens (including phenoxy) is 2. The summed E-state index contributed by atoms with van der Waals surface area (Å²) in [6.07, 6.45) is 2.56. The Balaban J connectivity index is 2.17. The van der Waals surface area contributed by atoms with Gasteiger partial charge < -0.3 is 14.4 Å². The lowest BCUT2D eigenvalue weighted by molar-refractivity contribution is -0.135. The highest BCUT2D eigenvalue weighted by Crippen LogP contribution is 2.30. The van der Waals surface area contributed by atoms with E-state index in [4.69, 9.17) is 21.1 Å². The maximum absolute atomic E-state index is 12.2. The van der Waals surface area contributed by atoms with Crippen molar-refractivity contribution in [1.29, 1.82) is 0 Å². The minimum absolute atomic E-state index is 0.115. The second-order valence-corrected chi connectivity index (χ2v) is 7.65. The van der Waals surface area contributed by atoms with Gasteiger partial charge >= 0.3 is 0 Å². The van der Waals surface area contributed by atoms with E-state index in [0.717, 1.165) is 5.56 Å². The molecule has 0 saturated carbocycles. The molecular weight excluding hydrogens is 386 g/mol. The van der Waals surface area contributed by atoms with E-state index in [9.17, 15) is 9.59 Å². The lowest BCUT2D eigenvalue weighted by Crippen LogP contribution is -2.35. The van der Waals surface area contributed by atoms with Crippen LogP contribution in [0.3, 0.4) is 0 Å². The van der Waals surface area contributed by atoms with Crippen molar-refractivity contribution in [1.82, 2.24) is 4.90 Å². The standard InChI is InChI=1S/C20H22ClNO4S/c1-5-25-17-12-14(6-8-15(23)18-10-11-19(21)27-18)7-9-16(17)26-13(2)20(24)22(3)4/h6-13H,5H2,1-4H3/b8-6+/t13-/m0/s1. The molecule has 0 unspecified atom stereocenters. The zero-order chi connectivity index (χ0) is 20.0. The summed E-state index contributed by atoms with van der Waals surface area (Å²) in [4.78, 5) is 26.2. The second-order valence-electron chi connectivity index (χ2n) is 5.93. The molecule has 27 heavy (non-hydrogen) atoms. The molecule has 1 aromatic heterocycles. The molecule has 0 saturated heterocycles. The number of thiophene rings is 1. The van der Waals surface area contributed by atoms with Gasteiger partial charge in [-0.3, -0.25) is 9.59 Å². The van der Waals surface area contributed by atoms with Gasteiger partial charge in [0, 0.05) is 14.1 Å². The molecule has 0 aliphatic heterocycles. The van der Waals surface area contributed by atoms with Crippen LogP contribution in [0, 0.1) is 0 Å². The number of hydrogen-bond acceptors (Lipinski definition) is 5. The van der Waals surface area contributed by atoms with Crippen LogP contribution in [0.4, 0.5) is 0 Å². The van der Waals surface area contributed by atoms with E-state index < -0.39 is 6.10 Å². The van der Waals surface area contributed by atoms with Crippen LogP contribution in [0.15, 0.2) is 36.4 Å². The average Bonchev–Trinajstić information content (AvgIpc) is 3.07. The molecule has 0 radical (unpaired) electrons. The van der Waals surface area contributed by atoms with Crippen LogP contribution in [0.2, 0.25) is 4.34 Å². The molecule has 144 valence electrons. The quantitative estimate of drug-likeness (QED) is 0.475. The summed E-state index contributed by atoms with van der Waals surface area (Å²) in [5.74, 6) is 0.745. The number of halogens is 1. The van der Waals surface area contributed by atoms with Crippen molar-refractivity contribution in [2.45, 2.75) is 20.0 Å². The minimum Gasteiger partial charge on any atom is -0.490 e. The number of hydrogen-bond donors (Lipinski definition) is 0. The third-order valence-corrected chi connectivity index (χ3v) is 4.85. The minimum atomic E-state index is -0.634. The number of rotatable bonds is 8. The molecule has 0 aliphatic carbocycles. The second kappa shape index (κ2) is 9.58. The van der Waals surface area contributed by atoms with E-state index in [0.29, 0.717) is 27.3 Å². The first-order valence-electron chi connectivity index (χ1n) is 8.44. The van der Waals surface area contributed by atoms with Gasteiger partial charge in [0.1, 0.15) is 0 Å². The fourth-order valence-corrected chi connectivity index (χ4v) is 3.26. The largest absolute Gasteiger partial charge is 0.490 e. The summed E-state index contributed by atoms with van der Waals surface area (Å²) in [7, 11) is 3.36. The molecule has 0 fully saturated rings. The number of carbonyl (C=O) groups is 2. The predicted molar refractivity (Wildman–Crippen MR) is 109 cm³/mol. The van der Waals surface area contributed by atoms with E-state index in [1.165, 1.54) is 22.3 Å². The molecule has 7 heteroatoms. The average molecular weight is 408 g/mol. The molecule has 0 N–H and O–H groups in total. The van der Waals surface area contributed by atoms with Gasteiger partial charge in [-0.05, 0) is 49.8 Å². The van der Waals surface area contributed by atoms with Gasteiger partial charge in [-0.15, -0.1) is 11.3 Å². The summed E-state index contributed by atoms with van der Waals surface area (Å²) in [6, 6.07) is 8.71. The van der Waals surface area contributed by atoms with E-state index >= 15 is 0 Å². The number of carbonyl (C=O) groups excluding carboxylic acids is 2. The first-order valence-corrected chi connectivity index (χ1v) is 9.63. The molecule has 2 aromatic rings. The van der Waals surface area contributed by atoms with Crippen molar-refractivity contribution in [3.63, 3.8) is 0 Å². The van der Waals surface area contributed by atoms with Crippen molar-refractivity contribution in [2.75, 3.05) is 20.7 Å². The van der Waals surface area contributed by atoms with Crippen LogP contribution in [-0.2, 0) is 4.79 Å². The van der Waals surface area contributed by atoms with Crippen LogP contribution < -0.4 is 9.47 Å². The van der Waals surface area contributed by atoms with Gasteiger partial charge in [0.15, 0.2) is 23.4 Å². The molecule has 0 spiro atoms. The Morgan fingerprint density at radius 3 is 2.56 bits per heavy atom. The van der Waals surface area contributed by atoms with Crippen LogP contribution in [-0.4, -0.2) is 43.4 Å². The Bertz CT molecular complexity index is 844. The number of likely N-dealkylation sites (N-methyl/N-ethyl adjacent to an activating group) is 1. The Morgan fingerprint density at radius 2 is 1.96 bits per heavy atom. The summed E-state index contributed by atoms with van der Waals surface area (Å²) in [5.41, 5.74) is 0.786. The highest BCUT2D eigenvalue weighted by Gasteiger charge is 2.18. The zero-order valence-electron chi connectivity index (χ0n) is 15.7. The van der Waals surface area contributed by atoms with Gasteiger partial charge in [-0.1, -0.05) is 23.7 Å². The molecule has 0 bridgehead atoms. The normalized spacial score (nSPS) is 12.0. The van der Waals surface area contributed by atoms with Crippen LogP contribution in [0.1, 0.15) is 29.1 Å². The van der Waals surface area contributed by atoms with Crippen LogP contribution >= 0.6 is 22.9 Å². The number of ketones is 1. The summed E-state index contributed by atoms with van der Waals surface area (Å²) >= 11 is 7.10. The van der Waals surface area contributed by atoms with Gasteiger partial charge in [-0.2, -0.15) is 0 Å². The van der Waals surface area contributed by atoms with E-state index in [1.54, 1.807) is 57.4 Å². The lowest BCUT2D eigenvalue weighted by Gasteiger charge is -2.20. The number of nitrogens with zero attached hydrogens (tertiary/aromatic N) is 1. The smallest absolute Gasteiger partial charge is 0.262 e. The van der Waals surface area contributed by atoms with Gasteiger partial charge in [0.25, 0.3) is 5.91 Å². The molecule has 1 aromatic carbocycles. The Morgan fingerprint density at radius 1 is 1.22 bits per heavy atom. The summed E-state index contributed by atoms with van der Waals surface area (Å²) in [6.45, 7) is 4.01. The van der Waals surface area contributed by atoms with Gasteiger partial charge in [0.2, 0.25) is 0 Å². The molecule has 5 nitrogen and oxygen atoms in total. The monoisotopic (exact) mass is 407 g/mol. The van der Waals surface area contributed by atoms with Gasteiger partial charge in [0.05, 0.1) is 15.8 Å². The molecule has 1 atom stereocenters. The maximum Gasteiger partial charge on any atom is 0.262 e. The van der Waals surface area contributed by atoms with Crippen LogP contribution in [0.25, 0.3) is 6.08 Å². The summed E-state index contributed by atoms with van der Waals surface area (Å²) < 4.78 is 12.0. The van der Waals surface area contributed by atoms with E-state index in [-0.39, 0.29) is 11.7 Å². The third kappa shape index (κ3) is 5.84. The fourth-order valence-electron chi connectivity index (χ4n) is 2.30. The number of allylic oxidation sites excluding steroid dienone is 1. The van der Waals surface area contributed by atoms with Crippen molar-refractivity contribution in [2.24, 2.45) is 0 Å². The van der Waals surface area contributed by atoms with Crippen molar-refractivity contribution in [3.05, 3.63) is 51.2 Å². The Kier molecular flexibility index (Phi) is 7.45. The van der Waals surface area contributed by atoms with E-state index in [1.807, 2.05) is 6.92 Å². The molecule has 2 rings (SSSR count). The number of benzene rings is 1. The van der Waals surface area contributed by atoms with Crippen LogP contribution in [0.5, 0.6) is 11.5 Å². The fraction of sp³-hybridized carbons (Fsp3) is 0.300. The SMILES string of the molecule is CCOc1cc(/C=C/C(=O)c2ccc(Cl)s2)ccc1O[C@@H](C)C(=O)N(C)C. The molecule has 1 amide bonds. The predicted octanol–water partition coefficient (Wildman–Crippen LogP) is 4.55. The Hall–Kier alpha value is -2.31. The highest BCUT2D eigenvalue weighted by atomic mass is 35.5. The first-order chi connectivity index (χ1) is 12.8. The number of amides is 1. The summed E-state index contributed by atoms with van der Waals surface area (Å²) in [5, 5.41) is 0. The third-order valence-electron chi connectivity index (χ3n) is 3.60. The van der Waals surface area contributed by atoms with Crippen molar-refractivity contribution in [3.8, 4) is 11.5 Å². The Labute approximate surface area is 168 Å². The van der Waals surface area contributed by atoms with E-state index in [2.05, 4.69) is 0 Å². The first kappa shape index (κ1) is 21.0. The molecule has 0 aliphatic rings. The highest BCUT2D eigenvalue weighted by molar-refractivity contribution is 7.18. The molecular formula is C20H22ClNO4S.